The summed E-state index contributed by atoms with van der Waals surface area (Å²) in [7, 11) is 0. The number of fused-ring (bicyclic) bond motifs is 1. The van der Waals surface area contributed by atoms with Gasteiger partial charge in [0.05, 0.1) is 5.69 Å². The zero-order chi connectivity index (χ0) is 11.7. The number of piperazine rings is 1. The average molecular weight is 230 g/mol. The first-order chi connectivity index (χ1) is 8.31. The molecule has 2 aromatic heterocycles. The number of hydrogen-bond donors (Lipinski definition) is 1. The van der Waals surface area contributed by atoms with Crippen molar-refractivity contribution < 1.29 is 0 Å². The third kappa shape index (κ3) is 2.33. The molecule has 1 aliphatic heterocycles. The van der Waals surface area contributed by atoms with Crippen LogP contribution in [0.15, 0.2) is 30.6 Å². The molecule has 1 fully saturated rings. The highest BCUT2D eigenvalue weighted by molar-refractivity contribution is 5.39. The second-order valence-electron chi connectivity index (χ2n) is 4.79. The van der Waals surface area contributed by atoms with Crippen molar-refractivity contribution in [2.45, 2.75) is 19.5 Å². The van der Waals surface area contributed by atoms with Gasteiger partial charge in [-0.15, -0.1) is 0 Å². The van der Waals surface area contributed by atoms with Crippen LogP contribution in [-0.4, -0.2) is 40.0 Å². The molecule has 3 heterocycles. The van der Waals surface area contributed by atoms with Crippen LogP contribution in [0.1, 0.15) is 12.6 Å². The largest absolute Gasteiger partial charge is 0.312 e. The number of nitrogens with zero attached hydrogens (tertiary/aromatic N) is 3. The van der Waals surface area contributed by atoms with Gasteiger partial charge in [-0.05, 0) is 19.1 Å². The molecule has 1 N–H and O–H groups in total. The maximum Gasteiger partial charge on any atom is 0.137 e. The molecule has 1 saturated heterocycles. The molecule has 4 nitrogen and oxygen atoms in total. The first-order valence-corrected chi connectivity index (χ1v) is 6.19. The Morgan fingerprint density at radius 2 is 2.41 bits per heavy atom. The van der Waals surface area contributed by atoms with E-state index >= 15 is 0 Å². The Morgan fingerprint density at radius 1 is 1.47 bits per heavy atom. The fraction of sp³-hybridized carbons (Fsp3) is 0.462. The minimum absolute atomic E-state index is 0.584. The van der Waals surface area contributed by atoms with E-state index in [1.807, 2.05) is 24.4 Å². The Balaban J connectivity index is 1.75. The highest BCUT2D eigenvalue weighted by Crippen LogP contribution is 2.09. The highest BCUT2D eigenvalue weighted by atomic mass is 15.2. The quantitative estimate of drug-likeness (QED) is 0.839. The van der Waals surface area contributed by atoms with Crippen molar-refractivity contribution in [1.29, 1.82) is 0 Å². The molecule has 3 rings (SSSR count). The maximum absolute atomic E-state index is 4.63. The molecule has 90 valence electrons. The summed E-state index contributed by atoms with van der Waals surface area (Å²) >= 11 is 0. The van der Waals surface area contributed by atoms with Gasteiger partial charge < -0.3 is 9.72 Å². The molecule has 4 heteroatoms. The van der Waals surface area contributed by atoms with E-state index in [1.165, 1.54) is 0 Å². The van der Waals surface area contributed by atoms with Gasteiger partial charge in [-0.2, -0.15) is 0 Å². The van der Waals surface area contributed by atoms with Crippen molar-refractivity contribution in [3.63, 3.8) is 0 Å². The summed E-state index contributed by atoms with van der Waals surface area (Å²) in [5, 5.41) is 3.46. The summed E-state index contributed by atoms with van der Waals surface area (Å²) in [6.45, 7) is 6.48. The van der Waals surface area contributed by atoms with Crippen LogP contribution in [0.4, 0.5) is 0 Å². The van der Waals surface area contributed by atoms with Crippen LogP contribution in [0.2, 0.25) is 0 Å². The van der Waals surface area contributed by atoms with Crippen molar-refractivity contribution in [2.75, 3.05) is 19.6 Å². The Bertz CT molecular complexity index is 472. The lowest BCUT2D eigenvalue weighted by Crippen LogP contribution is -2.48. The molecule has 0 spiro atoms. The molecular weight excluding hydrogens is 212 g/mol. The van der Waals surface area contributed by atoms with Gasteiger partial charge in [0.25, 0.3) is 0 Å². The lowest BCUT2D eigenvalue weighted by molar-refractivity contribution is 0.198. The highest BCUT2D eigenvalue weighted by Gasteiger charge is 2.16. The summed E-state index contributed by atoms with van der Waals surface area (Å²) in [6.07, 6.45) is 4.17. The van der Waals surface area contributed by atoms with Crippen molar-refractivity contribution >= 4 is 5.65 Å². The topological polar surface area (TPSA) is 32.6 Å². The molecule has 1 atom stereocenters. The SMILES string of the molecule is CC1CN(Cc2cn3ccccc3n2)CCN1. The van der Waals surface area contributed by atoms with Crippen LogP contribution in [0.3, 0.4) is 0 Å². The van der Waals surface area contributed by atoms with Gasteiger partial charge in [0, 0.05) is 44.6 Å². The average Bonchev–Trinajstić information content (AvgIpc) is 2.71. The van der Waals surface area contributed by atoms with E-state index < -0.39 is 0 Å². The summed E-state index contributed by atoms with van der Waals surface area (Å²) in [4.78, 5) is 7.09. The van der Waals surface area contributed by atoms with Gasteiger partial charge in [-0.3, -0.25) is 4.90 Å². The van der Waals surface area contributed by atoms with E-state index in [4.69, 9.17) is 0 Å². The molecule has 1 unspecified atom stereocenters. The first-order valence-electron chi connectivity index (χ1n) is 6.19. The van der Waals surface area contributed by atoms with Gasteiger partial charge in [0.15, 0.2) is 0 Å². The summed E-state index contributed by atoms with van der Waals surface area (Å²) in [5.74, 6) is 0. The second kappa shape index (κ2) is 4.47. The Labute approximate surface area is 101 Å². The minimum atomic E-state index is 0.584. The number of imidazole rings is 1. The van der Waals surface area contributed by atoms with Gasteiger partial charge in [-0.25, -0.2) is 4.98 Å². The number of aromatic nitrogens is 2. The molecule has 0 amide bonds. The van der Waals surface area contributed by atoms with Crippen molar-refractivity contribution in [3.05, 3.63) is 36.3 Å². The van der Waals surface area contributed by atoms with E-state index in [0.717, 1.165) is 37.5 Å². The van der Waals surface area contributed by atoms with Crippen LogP contribution in [-0.2, 0) is 6.54 Å². The fourth-order valence-electron chi connectivity index (χ4n) is 2.45. The number of pyridine rings is 1. The van der Waals surface area contributed by atoms with Gasteiger partial charge >= 0.3 is 0 Å². The number of rotatable bonds is 2. The summed E-state index contributed by atoms with van der Waals surface area (Å²) in [5.41, 5.74) is 2.19. The molecule has 1 aliphatic rings. The Hall–Kier alpha value is -1.39. The first kappa shape index (κ1) is 10.7. The molecular formula is C13H18N4. The van der Waals surface area contributed by atoms with E-state index in [-0.39, 0.29) is 0 Å². The normalized spacial score (nSPS) is 22.1. The fourth-order valence-corrected chi connectivity index (χ4v) is 2.45. The van der Waals surface area contributed by atoms with Crippen molar-refractivity contribution in [1.82, 2.24) is 19.6 Å². The van der Waals surface area contributed by atoms with Crippen LogP contribution in [0, 0.1) is 0 Å². The maximum atomic E-state index is 4.63. The summed E-state index contributed by atoms with van der Waals surface area (Å²) in [6, 6.07) is 6.69. The number of hydrogen-bond acceptors (Lipinski definition) is 3. The van der Waals surface area contributed by atoms with E-state index in [2.05, 4.69) is 32.7 Å². The summed E-state index contributed by atoms with van der Waals surface area (Å²) < 4.78 is 2.08. The lowest BCUT2D eigenvalue weighted by Gasteiger charge is -2.31. The molecule has 17 heavy (non-hydrogen) atoms. The monoisotopic (exact) mass is 230 g/mol. The Kier molecular flexibility index (Phi) is 2.82. The third-order valence-electron chi connectivity index (χ3n) is 3.25. The van der Waals surface area contributed by atoms with Gasteiger partial charge in [0.1, 0.15) is 5.65 Å². The van der Waals surface area contributed by atoms with Crippen molar-refractivity contribution in [3.8, 4) is 0 Å². The zero-order valence-corrected chi connectivity index (χ0v) is 10.1. The predicted octanol–water partition coefficient (Wildman–Crippen LogP) is 1.13. The molecule has 0 aromatic carbocycles. The molecule has 0 saturated carbocycles. The van der Waals surface area contributed by atoms with Crippen LogP contribution in [0.5, 0.6) is 0 Å². The predicted molar refractivity (Wildman–Crippen MR) is 67.9 cm³/mol. The van der Waals surface area contributed by atoms with Crippen molar-refractivity contribution in [2.24, 2.45) is 0 Å². The van der Waals surface area contributed by atoms with E-state index in [0.29, 0.717) is 6.04 Å². The smallest absolute Gasteiger partial charge is 0.137 e. The minimum Gasteiger partial charge on any atom is -0.312 e. The zero-order valence-electron chi connectivity index (χ0n) is 10.1. The van der Waals surface area contributed by atoms with Crippen LogP contribution in [0.25, 0.3) is 5.65 Å². The van der Waals surface area contributed by atoms with Gasteiger partial charge in [-0.1, -0.05) is 6.07 Å². The lowest BCUT2D eigenvalue weighted by atomic mass is 10.2. The molecule has 0 aliphatic carbocycles. The standard InChI is InChI=1S/C13H18N4/c1-11-8-16(7-5-14-11)9-12-10-17-6-3-2-4-13(17)15-12/h2-4,6,10-11,14H,5,7-9H2,1H3. The van der Waals surface area contributed by atoms with E-state index in [9.17, 15) is 0 Å². The van der Waals surface area contributed by atoms with Crippen LogP contribution < -0.4 is 5.32 Å². The van der Waals surface area contributed by atoms with Gasteiger partial charge in [0.2, 0.25) is 0 Å². The van der Waals surface area contributed by atoms with Crippen LogP contribution >= 0.6 is 0 Å². The molecule has 0 bridgehead atoms. The molecule has 0 radical (unpaired) electrons. The Morgan fingerprint density at radius 3 is 3.24 bits per heavy atom. The van der Waals surface area contributed by atoms with E-state index in [1.54, 1.807) is 0 Å². The number of nitrogens with one attached hydrogen (secondary N) is 1. The second-order valence-corrected chi connectivity index (χ2v) is 4.79. The third-order valence-corrected chi connectivity index (χ3v) is 3.25. The molecule has 2 aromatic rings.